The molecule has 0 aromatic heterocycles. The van der Waals surface area contributed by atoms with E-state index in [1.54, 1.807) is 0 Å². The molecule has 0 spiro atoms. The lowest BCUT2D eigenvalue weighted by Crippen LogP contribution is -2.39. The highest BCUT2D eigenvalue weighted by atomic mass is 32.2. The largest absolute Gasteiger partial charge is 0.381 e. The van der Waals surface area contributed by atoms with Crippen LogP contribution in [0.25, 0.3) is 0 Å². The van der Waals surface area contributed by atoms with Crippen molar-refractivity contribution in [3.63, 3.8) is 0 Å². The molecule has 2 rings (SSSR count). The van der Waals surface area contributed by atoms with Crippen LogP contribution in [0.5, 0.6) is 0 Å². The third kappa shape index (κ3) is 4.50. The molecule has 1 aromatic rings. The van der Waals surface area contributed by atoms with Gasteiger partial charge < -0.3 is 5.32 Å². The van der Waals surface area contributed by atoms with Gasteiger partial charge in [-0.15, -0.1) is 6.58 Å². The van der Waals surface area contributed by atoms with Gasteiger partial charge in [-0.25, -0.2) is 13.6 Å². The highest BCUT2D eigenvalue weighted by Crippen LogP contribution is 2.27. The van der Waals surface area contributed by atoms with E-state index in [-0.39, 0.29) is 16.6 Å². The van der Waals surface area contributed by atoms with Gasteiger partial charge in [-0.3, -0.25) is 15.0 Å². The number of anilines is 1. The SMILES string of the molecule is C=CCN1CCC(Nc2ccc([N+](=O)[O-])cc2S(N)(=O)=O)CC1. The summed E-state index contributed by atoms with van der Waals surface area (Å²) in [5.74, 6) is 0. The molecule has 0 radical (unpaired) electrons. The van der Waals surface area contributed by atoms with E-state index in [0.29, 0.717) is 5.69 Å². The number of sulfonamides is 1. The Kier molecular flexibility index (Phi) is 5.34. The highest BCUT2D eigenvalue weighted by molar-refractivity contribution is 7.89. The van der Waals surface area contributed by atoms with E-state index in [1.807, 2.05) is 6.08 Å². The van der Waals surface area contributed by atoms with E-state index in [2.05, 4.69) is 16.8 Å². The van der Waals surface area contributed by atoms with Crippen LogP contribution in [0.15, 0.2) is 35.7 Å². The van der Waals surface area contributed by atoms with E-state index < -0.39 is 14.9 Å². The van der Waals surface area contributed by atoms with E-state index >= 15 is 0 Å². The van der Waals surface area contributed by atoms with Gasteiger partial charge in [0.2, 0.25) is 10.0 Å². The van der Waals surface area contributed by atoms with Crippen LogP contribution in [0.2, 0.25) is 0 Å². The number of non-ortho nitro benzene ring substituents is 1. The first-order chi connectivity index (χ1) is 10.8. The van der Waals surface area contributed by atoms with Gasteiger partial charge in [0.05, 0.1) is 10.6 Å². The molecule has 1 saturated heterocycles. The molecular weight excluding hydrogens is 320 g/mol. The number of likely N-dealkylation sites (tertiary alicyclic amines) is 1. The fourth-order valence-corrected chi connectivity index (χ4v) is 3.36. The van der Waals surface area contributed by atoms with Crippen molar-refractivity contribution in [2.24, 2.45) is 5.14 Å². The van der Waals surface area contributed by atoms with Crippen molar-refractivity contribution in [2.75, 3.05) is 25.0 Å². The maximum absolute atomic E-state index is 11.7. The van der Waals surface area contributed by atoms with Gasteiger partial charge in [0.15, 0.2) is 0 Å². The number of hydrogen-bond donors (Lipinski definition) is 2. The summed E-state index contributed by atoms with van der Waals surface area (Å²) in [6.45, 7) is 6.29. The average Bonchev–Trinajstić information content (AvgIpc) is 2.48. The molecule has 0 saturated carbocycles. The van der Waals surface area contributed by atoms with Crippen LogP contribution < -0.4 is 10.5 Å². The van der Waals surface area contributed by atoms with Crippen molar-refractivity contribution in [3.8, 4) is 0 Å². The molecule has 126 valence electrons. The average molecular weight is 340 g/mol. The minimum Gasteiger partial charge on any atom is -0.381 e. The highest BCUT2D eigenvalue weighted by Gasteiger charge is 2.23. The molecule has 8 nitrogen and oxygen atoms in total. The summed E-state index contributed by atoms with van der Waals surface area (Å²) in [6.07, 6.45) is 3.53. The summed E-state index contributed by atoms with van der Waals surface area (Å²) in [5.41, 5.74) is 0.000600. The number of benzene rings is 1. The fraction of sp³-hybridized carbons (Fsp3) is 0.429. The molecule has 1 fully saturated rings. The van der Waals surface area contributed by atoms with E-state index in [4.69, 9.17) is 5.14 Å². The predicted molar refractivity (Wildman–Crippen MR) is 87.8 cm³/mol. The zero-order chi connectivity index (χ0) is 17.0. The Morgan fingerprint density at radius 2 is 2.09 bits per heavy atom. The Morgan fingerprint density at radius 1 is 1.43 bits per heavy atom. The van der Waals surface area contributed by atoms with Crippen molar-refractivity contribution in [2.45, 2.75) is 23.8 Å². The normalized spacial score (nSPS) is 16.9. The second-order valence-electron chi connectivity index (χ2n) is 5.49. The van der Waals surface area contributed by atoms with Crippen LogP contribution in [-0.4, -0.2) is 43.9 Å². The first-order valence-corrected chi connectivity index (χ1v) is 8.77. The van der Waals surface area contributed by atoms with Crippen molar-refractivity contribution >= 4 is 21.4 Å². The molecule has 1 aliphatic heterocycles. The summed E-state index contributed by atoms with van der Waals surface area (Å²) in [5, 5.41) is 19.1. The van der Waals surface area contributed by atoms with Crippen LogP contribution in [-0.2, 0) is 10.0 Å². The lowest BCUT2D eigenvalue weighted by atomic mass is 10.0. The molecule has 0 bridgehead atoms. The third-order valence-electron chi connectivity index (χ3n) is 3.82. The van der Waals surface area contributed by atoms with Gasteiger partial charge in [0, 0.05) is 37.8 Å². The Balaban J connectivity index is 2.17. The van der Waals surface area contributed by atoms with Crippen LogP contribution in [0.3, 0.4) is 0 Å². The van der Waals surface area contributed by atoms with Crippen LogP contribution in [0, 0.1) is 10.1 Å². The number of nitrogens with one attached hydrogen (secondary N) is 1. The summed E-state index contributed by atoms with van der Waals surface area (Å²) >= 11 is 0. The molecule has 0 unspecified atom stereocenters. The Hall–Kier alpha value is -1.97. The van der Waals surface area contributed by atoms with Crippen molar-refractivity contribution in [1.82, 2.24) is 4.90 Å². The zero-order valence-electron chi connectivity index (χ0n) is 12.6. The van der Waals surface area contributed by atoms with Crippen LogP contribution in [0.4, 0.5) is 11.4 Å². The van der Waals surface area contributed by atoms with Crippen molar-refractivity contribution < 1.29 is 13.3 Å². The minimum absolute atomic E-state index is 0.0954. The maximum atomic E-state index is 11.7. The van der Waals surface area contributed by atoms with Gasteiger partial charge in [-0.1, -0.05) is 6.08 Å². The standard InChI is InChI=1S/C14H20N4O4S/c1-2-7-17-8-5-11(6-9-17)16-13-4-3-12(18(19)20)10-14(13)23(15,21)22/h2-4,10-11,16H,1,5-9H2,(H2,15,21,22). The molecule has 1 aliphatic rings. The number of hydrogen-bond acceptors (Lipinski definition) is 6. The molecule has 1 heterocycles. The predicted octanol–water partition coefficient (Wildman–Crippen LogP) is 1.30. The maximum Gasteiger partial charge on any atom is 0.270 e. The molecule has 0 atom stereocenters. The van der Waals surface area contributed by atoms with Crippen LogP contribution >= 0.6 is 0 Å². The second kappa shape index (κ2) is 7.07. The molecule has 0 amide bonds. The molecule has 0 aliphatic carbocycles. The Bertz CT molecular complexity index is 697. The smallest absolute Gasteiger partial charge is 0.270 e. The number of nitrogens with two attached hydrogens (primary N) is 1. The summed E-state index contributed by atoms with van der Waals surface area (Å²) in [6, 6.07) is 3.75. The minimum atomic E-state index is -4.05. The number of piperidine rings is 1. The van der Waals surface area contributed by atoms with Gasteiger partial charge in [0.25, 0.3) is 5.69 Å². The van der Waals surface area contributed by atoms with Gasteiger partial charge in [-0.05, 0) is 18.9 Å². The first-order valence-electron chi connectivity index (χ1n) is 7.22. The number of nitro groups is 1. The zero-order valence-corrected chi connectivity index (χ0v) is 13.5. The summed E-state index contributed by atoms with van der Waals surface area (Å²) < 4.78 is 23.4. The fourth-order valence-electron chi connectivity index (χ4n) is 2.64. The Morgan fingerprint density at radius 3 is 2.61 bits per heavy atom. The second-order valence-corrected chi connectivity index (χ2v) is 7.02. The van der Waals surface area contributed by atoms with Crippen molar-refractivity contribution in [1.29, 1.82) is 0 Å². The molecule has 1 aromatic carbocycles. The molecular formula is C14H20N4O4S. The number of rotatable bonds is 6. The lowest BCUT2D eigenvalue weighted by molar-refractivity contribution is -0.385. The van der Waals surface area contributed by atoms with Gasteiger partial charge >= 0.3 is 0 Å². The molecule has 9 heteroatoms. The van der Waals surface area contributed by atoms with E-state index in [9.17, 15) is 18.5 Å². The first kappa shape index (κ1) is 17.4. The Labute approximate surface area is 135 Å². The van der Waals surface area contributed by atoms with E-state index in [1.165, 1.54) is 12.1 Å². The lowest BCUT2D eigenvalue weighted by Gasteiger charge is -2.32. The third-order valence-corrected chi connectivity index (χ3v) is 4.77. The number of primary sulfonamides is 1. The van der Waals surface area contributed by atoms with Crippen molar-refractivity contribution in [3.05, 3.63) is 41.0 Å². The number of nitro benzene ring substituents is 1. The molecule has 23 heavy (non-hydrogen) atoms. The van der Waals surface area contributed by atoms with Gasteiger partial charge in [0.1, 0.15) is 4.90 Å². The monoisotopic (exact) mass is 340 g/mol. The van der Waals surface area contributed by atoms with Crippen LogP contribution in [0.1, 0.15) is 12.8 Å². The number of nitrogens with zero attached hydrogens (tertiary/aromatic N) is 2. The summed E-state index contributed by atoms with van der Waals surface area (Å²) in [7, 11) is -4.05. The topological polar surface area (TPSA) is 119 Å². The van der Waals surface area contributed by atoms with E-state index in [0.717, 1.165) is 38.5 Å². The molecule has 3 N–H and O–H groups in total. The quantitative estimate of drug-likeness (QED) is 0.458. The van der Waals surface area contributed by atoms with Gasteiger partial charge in [-0.2, -0.15) is 0 Å². The summed E-state index contributed by atoms with van der Waals surface area (Å²) in [4.78, 5) is 12.2.